The number of carbonyl (C=O) groups excluding carboxylic acids is 3. The fourth-order valence-corrected chi connectivity index (χ4v) is 5.52. The van der Waals surface area contributed by atoms with Crippen LogP contribution >= 0.6 is 0 Å². The lowest BCUT2D eigenvalue weighted by atomic mass is 10.0. The van der Waals surface area contributed by atoms with Gasteiger partial charge in [-0.25, -0.2) is 18.0 Å². The van der Waals surface area contributed by atoms with E-state index in [4.69, 9.17) is 0 Å². The van der Waals surface area contributed by atoms with Gasteiger partial charge >= 0.3 is 11.9 Å². The Labute approximate surface area is 144 Å². The van der Waals surface area contributed by atoms with Crippen LogP contribution in [0.5, 0.6) is 0 Å². The molecule has 1 aromatic carbocycles. The Balaban J connectivity index is 2.07. The van der Waals surface area contributed by atoms with Crippen LogP contribution in [0.1, 0.15) is 27.1 Å². The van der Waals surface area contributed by atoms with Gasteiger partial charge in [0.15, 0.2) is 9.84 Å². The van der Waals surface area contributed by atoms with Crippen molar-refractivity contribution >= 4 is 33.4 Å². The van der Waals surface area contributed by atoms with Gasteiger partial charge in [-0.05, 0) is 18.2 Å². The van der Waals surface area contributed by atoms with Crippen molar-refractivity contribution in [2.45, 2.75) is 12.5 Å². The Hall–Kier alpha value is -2.42. The fourth-order valence-electron chi connectivity index (χ4n) is 3.45. The van der Waals surface area contributed by atoms with Gasteiger partial charge in [0.05, 0.1) is 42.9 Å². The third kappa shape index (κ3) is 3.11. The van der Waals surface area contributed by atoms with E-state index in [0.717, 1.165) is 0 Å². The topological polar surface area (TPSA) is 107 Å². The van der Waals surface area contributed by atoms with Crippen molar-refractivity contribution in [1.29, 1.82) is 0 Å². The highest BCUT2D eigenvalue weighted by atomic mass is 32.2. The number of benzene rings is 1. The van der Waals surface area contributed by atoms with Crippen LogP contribution in [-0.2, 0) is 24.1 Å². The van der Waals surface area contributed by atoms with E-state index < -0.39 is 27.8 Å². The maximum Gasteiger partial charge on any atom is 0.337 e. The summed E-state index contributed by atoms with van der Waals surface area (Å²) >= 11 is 0. The van der Waals surface area contributed by atoms with Crippen LogP contribution < -0.4 is 4.90 Å². The van der Waals surface area contributed by atoms with Crippen molar-refractivity contribution in [1.82, 2.24) is 0 Å². The van der Waals surface area contributed by atoms with Gasteiger partial charge in [-0.2, -0.15) is 0 Å². The zero-order valence-corrected chi connectivity index (χ0v) is 14.5. The Morgan fingerprint density at radius 2 is 1.60 bits per heavy atom. The van der Waals surface area contributed by atoms with Crippen LogP contribution in [0, 0.1) is 5.92 Å². The molecule has 2 atom stereocenters. The molecule has 0 aliphatic carbocycles. The zero-order chi connectivity index (χ0) is 18.4. The SMILES string of the molecule is COC(=O)c1cc(C(=O)OC)cc(N2C(=O)C[C@H]3CS(=O)(=O)C[C@H]32)c1. The molecular formula is C16H17NO7S. The van der Waals surface area contributed by atoms with Gasteiger partial charge in [0.25, 0.3) is 0 Å². The standard InChI is InChI=1S/C16H17NO7S/c1-23-15(19)9-3-10(16(20)24-2)5-12(4-9)17-13-8-25(21,22)7-11(13)6-14(17)18/h3-5,11,13H,6-8H2,1-2H3/t11-,13+/m0/s1. The lowest BCUT2D eigenvalue weighted by Crippen LogP contribution is -2.36. The van der Waals surface area contributed by atoms with E-state index in [-0.39, 0.29) is 46.6 Å². The number of anilines is 1. The molecule has 0 N–H and O–H groups in total. The lowest BCUT2D eigenvalue weighted by Gasteiger charge is -2.24. The summed E-state index contributed by atoms with van der Waals surface area (Å²) in [6.07, 6.45) is 0.125. The average Bonchev–Trinajstić information content (AvgIpc) is 3.02. The van der Waals surface area contributed by atoms with Crippen molar-refractivity contribution in [3.8, 4) is 0 Å². The minimum Gasteiger partial charge on any atom is -0.465 e. The summed E-state index contributed by atoms with van der Waals surface area (Å²) < 4.78 is 33.1. The largest absolute Gasteiger partial charge is 0.465 e. The molecule has 1 amide bonds. The van der Waals surface area contributed by atoms with Gasteiger partial charge in [0, 0.05) is 18.0 Å². The first-order valence-corrected chi connectivity index (χ1v) is 9.42. The van der Waals surface area contributed by atoms with Crippen LogP contribution in [0.15, 0.2) is 18.2 Å². The molecule has 8 nitrogen and oxygen atoms in total. The molecule has 0 aromatic heterocycles. The summed E-state index contributed by atoms with van der Waals surface area (Å²) in [6.45, 7) is 0. The number of hydrogen-bond donors (Lipinski definition) is 0. The molecule has 2 aliphatic heterocycles. The van der Waals surface area contributed by atoms with E-state index >= 15 is 0 Å². The summed E-state index contributed by atoms with van der Waals surface area (Å²) in [7, 11) is -0.806. The lowest BCUT2D eigenvalue weighted by molar-refractivity contribution is -0.117. The van der Waals surface area contributed by atoms with Crippen LogP contribution in [0.3, 0.4) is 0 Å². The monoisotopic (exact) mass is 367 g/mol. The van der Waals surface area contributed by atoms with E-state index in [9.17, 15) is 22.8 Å². The minimum absolute atomic E-state index is 0.0273. The predicted octanol–water partition coefficient (Wildman–Crippen LogP) is 0.410. The highest BCUT2D eigenvalue weighted by Crippen LogP contribution is 2.37. The number of carbonyl (C=O) groups is 3. The minimum atomic E-state index is -3.21. The maximum atomic E-state index is 12.4. The molecule has 0 saturated carbocycles. The fraction of sp³-hybridized carbons (Fsp3) is 0.438. The van der Waals surface area contributed by atoms with E-state index in [2.05, 4.69) is 9.47 Å². The number of methoxy groups -OCH3 is 2. The van der Waals surface area contributed by atoms with Gasteiger partial charge in [-0.3, -0.25) is 4.79 Å². The van der Waals surface area contributed by atoms with Gasteiger partial charge in [-0.1, -0.05) is 0 Å². The van der Waals surface area contributed by atoms with Crippen LogP contribution in [-0.4, -0.2) is 58.0 Å². The summed E-state index contributed by atoms with van der Waals surface area (Å²) in [4.78, 5) is 37.5. The van der Waals surface area contributed by atoms with E-state index in [1.807, 2.05) is 0 Å². The second kappa shape index (κ2) is 6.14. The van der Waals surface area contributed by atoms with Crippen LogP contribution in [0.25, 0.3) is 0 Å². The molecule has 3 rings (SSSR count). The normalized spacial score (nSPS) is 24.1. The number of sulfone groups is 1. The molecule has 0 bridgehead atoms. The summed E-state index contributed by atoms with van der Waals surface area (Å²) in [5.74, 6) is -2.01. The Morgan fingerprint density at radius 3 is 2.12 bits per heavy atom. The third-order valence-corrected chi connectivity index (χ3v) is 6.30. The second-order valence-corrected chi connectivity index (χ2v) is 8.28. The first-order valence-electron chi connectivity index (χ1n) is 7.60. The van der Waals surface area contributed by atoms with E-state index in [1.165, 1.54) is 37.3 Å². The van der Waals surface area contributed by atoms with Crippen molar-refractivity contribution < 1.29 is 32.3 Å². The van der Waals surface area contributed by atoms with Crippen molar-refractivity contribution in [3.05, 3.63) is 29.3 Å². The number of amides is 1. The molecule has 134 valence electrons. The molecule has 2 saturated heterocycles. The average molecular weight is 367 g/mol. The first kappa shape index (κ1) is 17.4. The predicted molar refractivity (Wildman–Crippen MR) is 87.2 cm³/mol. The second-order valence-electron chi connectivity index (χ2n) is 6.12. The van der Waals surface area contributed by atoms with Gasteiger partial charge in [0.1, 0.15) is 0 Å². The number of nitrogens with zero attached hydrogens (tertiary/aromatic N) is 1. The van der Waals surface area contributed by atoms with Crippen LogP contribution in [0.2, 0.25) is 0 Å². The number of rotatable bonds is 3. The Morgan fingerprint density at radius 1 is 1.04 bits per heavy atom. The summed E-state index contributed by atoms with van der Waals surface area (Å²) in [5.41, 5.74) is 0.452. The molecule has 0 radical (unpaired) electrons. The molecule has 25 heavy (non-hydrogen) atoms. The molecule has 0 unspecified atom stereocenters. The van der Waals surface area contributed by atoms with E-state index in [0.29, 0.717) is 0 Å². The highest BCUT2D eigenvalue weighted by Gasteiger charge is 2.49. The van der Waals surface area contributed by atoms with Gasteiger partial charge in [-0.15, -0.1) is 0 Å². The molecular weight excluding hydrogens is 350 g/mol. The van der Waals surface area contributed by atoms with Gasteiger partial charge < -0.3 is 14.4 Å². The zero-order valence-electron chi connectivity index (χ0n) is 13.7. The number of esters is 2. The number of hydrogen-bond acceptors (Lipinski definition) is 7. The molecule has 0 spiro atoms. The van der Waals surface area contributed by atoms with E-state index in [1.54, 1.807) is 0 Å². The molecule has 2 fully saturated rings. The van der Waals surface area contributed by atoms with Crippen molar-refractivity contribution in [3.63, 3.8) is 0 Å². The smallest absolute Gasteiger partial charge is 0.337 e. The summed E-state index contributed by atoms with van der Waals surface area (Å²) in [6, 6.07) is 3.66. The maximum absolute atomic E-state index is 12.4. The Kier molecular flexibility index (Phi) is 4.28. The number of fused-ring (bicyclic) bond motifs is 1. The van der Waals surface area contributed by atoms with Crippen molar-refractivity contribution in [2.24, 2.45) is 5.92 Å². The van der Waals surface area contributed by atoms with Crippen molar-refractivity contribution in [2.75, 3.05) is 30.6 Å². The number of ether oxygens (including phenoxy) is 2. The highest BCUT2D eigenvalue weighted by molar-refractivity contribution is 7.91. The molecule has 2 aliphatic rings. The molecule has 2 heterocycles. The first-order chi connectivity index (χ1) is 11.8. The Bertz CT molecular complexity index is 827. The quantitative estimate of drug-likeness (QED) is 0.712. The third-order valence-electron chi connectivity index (χ3n) is 4.51. The molecule has 1 aromatic rings. The van der Waals surface area contributed by atoms with Crippen LogP contribution in [0.4, 0.5) is 5.69 Å². The summed E-state index contributed by atoms with van der Waals surface area (Å²) in [5, 5.41) is 0. The molecule has 9 heteroatoms. The van der Waals surface area contributed by atoms with Gasteiger partial charge in [0.2, 0.25) is 5.91 Å².